The second kappa shape index (κ2) is 7.12. The standard InChI is InChI=1S/C23H26N4O2/c24-17-7-4-15(5-8-17)22-21(25)19-14-16(23(28)26-10-12-29-13-11-26)6-9-20(19)27(22)18-2-1-3-18/h4-9,14,18H,1-3,10-13,24-25H2. The average molecular weight is 390 g/mol. The molecule has 1 aliphatic heterocycles. The highest BCUT2D eigenvalue weighted by atomic mass is 16.5. The van der Waals surface area contributed by atoms with Crippen molar-refractivity contribution in [2.75, 3.05) is 37.8 Å². The van der Waals surface area contributed by atoms with Crippen molar-refractivity contribution < 1.29 is 9.53 Å². The van der Waals surface area contributed by atoms with Crippen molar-refractivity contribution in [2.45, 2.75) is 25.3 Å². The van der Waals surface area contributed by atoms with Crippen LogP contribution in [0.5, 0.6) is 0 Å². The molecule has 1 amide bonds. The van der Waals surface area contributed by atoms with Gasteiger partial charge in [0, 0.05) is 41.3 Å². The molecule has 3 aromatic rings. The third-order valence-corrected chi connectivity index (χ3v) is 6.21. The van der Waals surface area contributed by atoms with E-state index in [0.29, 0.717) is 37.9 Å². The van der Waals surface area contributed by atoms with E-state index in [-0.39, 0.29) is 5.91 Å². The smallest absolute Gasteiger partial charge is 0.254 e. The van der Waals surface area contributed by atoms with Crippen molar-refractivity contribution in [2.24, 2.45) is 0 Å². The molecule has 2 aromatic carbocycles. The Balaban J connectivity index is 1.63. The van der Waals surface area contributed by atoms with Crippen molar-refractivity contribution in [3.05, 3.63) is 48.0 Å². The molecule has 1 saturated carbocycles. The van der Waals surface area contributed by atoms with E-state index in [1.54, 1.807) is 0 Å². The van der Waals surface area contributed by atoms with E-state index in [2.05, 4.69) is 10.6 Å². The van der Waals surface area contributed by atoms with E-state index < -0.39 is 0 Å². The second-order valence-electron chi connectivity index (χ2n) is 7.98. The minimum Gasteiger partial charge on any atom is -0.399 e. The summed E-state index contributed by atoms with van der Waals surface area (Å²) >= 11 is 0. The quantitative estimate of drug-likeness (QED) is 0.668. The third kappa shape index (κ3) is 3.04. The Bertz CT molecular complexity index is 1060. The van der Waals surface area contributed by atoms with Gasteiger partial charge < -0.3 is 25.7 Å². The lowest BCUT2D eigenvalue weighted by Gasteiger charge is -2.30. The summed E-state index contributed by atoms with van der Waals surface area (Å²) in [4.78, 5) is 14.8. The van der Waals surface area contributed by atoms with Gasteiger partial charge in [0.15, 0.2) is 0 Å². The molecule has 29 heavy (non-hydrogen) atoms. The normalized spacial score (nSPS) is 17.4. The van der Waals surface area contributed by atoms with E-state index >= 15 is 0 Å². The number of nitrogens with two attached hydrogens (primary N) is 2. The summed E-state index contributed by atoms with van der Waals surface area (Å²) < 4.78 is 7.73. The minimum absolute atomic E-state index is 0.0417. The first-order valence-corrected chi connectivity index (χ1v) is 10.3. The number of nitrogen functional groups attached to an aromatic ring is 2. The van der Waals surface area contributed by atoms with Gasteiger partial charge in [0.1, 0.15) is 0 Å². The summed E-state index contributed by atoms with van der Waals surface area (Å²) in [6.45, 7) is 2.45. The number of hydrogen-bond donors (Lipinski definition) is 2. The number of benzene rings is 2. The molecule has 5 rings (SSSR count). The Hall–Kier alpha value is -2.99. The number of carbonyl (C=O) groups excluding carboxylic acids is 1. The van der Waals surface area contributed by atoms with Crippen LogP contribution in [-0.4, -0.2) is 41.7 Å². The Kier molecular flexibility index (Phi) is 4.43. The maximum atomic E-state index is 13.0. The van der Waals surface area contributed by atoms with Gasteiger partial charge in [-0.3, -0.25) is 4.79 Å². The number of amides is 1. The molecule has 6 heteroatoms. The number of nitrogens with zero attached hydrogens (tertiary/aromatic N) is 2. The van der Waals surface area contributed by atoms with Gasteiger partial charge in [-0.2, -0.15) is 0 Å². The van der Waals surface area contributed by atoms with Crippen molar-refractivity contribution in [3.63, 3.8) is 0 Å². The molecule has 4 N–H and O–H groups in total. The number of morpholine rings is 1. The molecule has 0 spiro atoms. The van der Waals surface area contributed by atoms with E-state index in [9.17, 15) is 4.79 Å². The molecule has 2 aliphatic rings. The highest BCUT2D eigenvalue weighted by Crippen LogP contribution is 2.44. The van der Waals surface area contributed by atoms with Crippen molar-refractivity contribution in [3.8, 4) is 11.3 Å². The zero-order valence-electron chi connectivity index (χ0n) is 16.4. The summed E-state index contributed by atoms with van der Waals surface area (Å²) in [6.07, 6.45) is 3.54. The molecular weight excluding hydrogens is 364 g/mol. The number of ether oxygens (including phenoxy) is 1. The maximum absolute atomic E-state index is 13.0. The first-order valence-electron chi connectivity index (χ1n) is 10.3. The fourth-order valence-corrected chi connectivity index (χ4v) is 4.38. The van der Waals surface area contributed by atoms with Crippen LogP contribution in [0.15, 0.2) is 42.5 Å². The van der Waals surface area contributed by atoms with Crippen LogP contribution < -0.4 is 11.5 Å². The molecule has 0 bridgehead atoms. The molecule has 150 valence electrons. The van der Waals surface area contributed by atoms with Gasteiger partial charge in [-0.05, 0) is 49.6 Å². The van der Waals surface area contributed by atoms with Crippen molar-refractivity contribution in [1.82, 2.24) is 9.47 Å². The topological polar surface area (TPSA) is 86.5 Å². The van der Waals surface area contributed by atoms with Crippen LogP contribution in [0, 0.1) is 0 Å². The Morgan fingerprint density at radius 1 is 1.00 bits per heavy atom. The van der Waals surface area contributed by atoms with Gasteiger partial charge >= 0.3 is 0 Å². The molecule has 2 fully saturated rings. The zero-order chi connectivity index (χ0) is 20.0. The monoisotopic (exact) mass is 390 g/mol. The average Bonchev–Trinajstić information content (AvgIpc) is 2.99. The molecular formula is C23H26N4O2. The van der Waals surface area contributed by atoms with E-state index in [1.165, 1.54) is 6.42 Å². The van der Waals surface area contributed by atoms with Crippen molar-refractivity contribution in [1.29, 1.82) is 0 Å². The van der Waals surface area contributed by atoms with Gasteiger partial charge in [-0.15, -0.1) is 0 Å². The van der Waals surface area contributed by atoms with Crippen LogP contribution in [0.4, 0.5) is 11.4 Å². The van der Waals surface area contributed by atoms with Gasteiger partial charge in [-0.1, -0.05) is 12.1 Å². The lowest BCUT2D eigenvalue weighted by molar-refractivity contribution is 0.0303. The van der Waals surface area contributed by atoms with Crippen LogP contribution in [0.25, 0.3) is 22.2 Å². The highest BCUT2D eigenvalue weighted by molar-refractivity contribution is 6.05. The Morgan fingerprint density at radius 3 is 2.38 bits per heavy atom. The number of fused-ring (bicyclic) bond motifs is 1. The Morgan fingerprint density at radius 2 is 1.72 bits per heavy atom. The summed E-state index contributed by atoms with van der Waals surface area (Å²) in [6, 6.07) is 14.3. The molecule has 1 saturated heterocycles. The van der Waals surface area contributed by atoms with Gasteiger partial charge in [0.25, 0.3) is 5.91 Å². The summed E-state index contributed by atoms with van der Waals surface area (Å²) in [7, 11) is 0. The SMILES string of the molecule is Nc1ccc(-c2c(N)c3cc(C(=O)N4CCOCC4)ccc3n2C2CCC2)cc1. The molecule has 0 radical (unpaired) electrons. The zero-order valence-corrected chi connectivity index (χ0v) is 16.4. The molecule has 2 heterocycles. The first kappa shape index (κ1) is 18.1. The molecule has 0 unspecified atom stereocenters. The lowest BCUT2D eigenvalue weighted by atomic mass is 9.92. The predicted octanol–water partition coefficient (Wildman–Crippen LogP) is 3.67. The van der Waals surface area contributed by atoms with Crippen LogP contribution in [-0.2, 0) is 4.74 Å². The largest absolute Gasteiger partial charge is 0.399 e. The van der Waals surface area contributed by atoms with E-state index in [0.717, 1.165) is 46.4 Å². The first-order chi connectivity index (χ1) is 14.1. The Labute approximate surface area is 170 Å². The van der Waals surface area contributed by atoms with Crippen molar-refractivity contribution >= 4 is 28.2 Å². The summed E-state index contributed by atoms with van der Waals surface area (Å²) in [5, 5.41) is 0.947. The predicted molar refractivity (Wildman–Crippen MR) is 116 cm³/mol. The fourth-order valence-electron chi connectivity index (χ4n) is 4.38. The maximum Gasteiger partial charge on any atom is 0.254 e. The fraction of sp³-hybridized carbons (Fsp3) is 0.348. The van der Waals surface area contributed by atoms with Crippen LogP contribution in [0.1, 0.15) is 35.7 Å². The molecule has 0 atom stereocenters. The molecule has 1 aromatic heterocycles. The molecule has 6 nitrogen and oxygen atoms in total. The van der Waals surface area contributed by atoms with Gasteiger partial charge in [0.2, 0.25) is 0 Å². The number of rotatable bonds is 3. The van der Waals surface area contributed by atoms with E-state index in [1.807, 2.05) is 41.3 Å². The highest BCUT2D eigenvalue weighted by Gasteiger charge is 2.28. The summed E-state index contributed by atoms with van der Waals surface area (Å²) in [5.74, 6) is 0.0417. The van der Waals surface area contributed by atoms with Gasteiger partial charge in [0.05, 0.1) is 30.1 Å². The number of anilines is 2. The number of hydrogen-bond acceptors (Lipinski definition) is 4. The van der Waals surface area contributed by atoms with Gasteiger partial charge in [-0.25, -0.2) is 0 Å². The minimum atomic E-state index is 0.0417. The summed E-state index contributed by atoms with van der Waals surface area (Å²) in [5.41, 5.74) is 17.9. The second-order valence-corrected chi connectivity index (χ2v) is 7.98. The van der Waals surface area contributed by atoms with Crippen LogP contribution in [0.3, 0.4) is 0 Å². The third-order valence-electron chi connectivity index (χ3n) is 6.21. The molecule has 1 aliphatic carbocycles. The van der Waals surface area contributed by atoms with Crippen LogP contribution >= 0.6 is 0 Å². The number of aromatic nitrogens is 1. The number of carbonyl (C=O) groups is 1. The van der Waals surface area contributed by atoms with E-state index in [4.69, 9.17) is 16.2 Å². The lowest BCUT2D eigenvalue weighted by Crippen LogP contribution is -2.40. The van der Waals surface area contributed by atoms with Crippen LogP contribution in [0.2, 0.25) is 0 Å².